The summed E-state index contributed by atoms with van der Waals surface area (Å²) in [5.74, 6) is 1.01. The molecule has 7 heteroatoms. The van der Waals surface area contributed by atoms with Gasteiger partial charge in [-0.15, -0.1) is 11.8 Å². The Kier molecular flexibility index (Phi) is 5.27. The van der Waals surface area contributed by atoms with Gasteiger partial charge >= 0.3 is 0 Å². The van der Waals surface area contributed by atoms with E-state index in [1.807, 2.05) is 35.2 Å². The molecule has 6 nitrogen and oxygen atoms in total. The van der Waals surface area contributed by atoms with Crippen molar-refractivity contribution >= 4 is 23.4 Å². The molecule has 26 heavy (non-hydrogen) atoms. The van der Waals surface area contributed by atoms with E-state index in [4.69, 9.17) is 19.9 Å². The van der Waals surface area contributed by atoms with Crippen molar-refractivity contribution in [2.24, 2.45) is 5.73 Å². The fourth-order valence-electron chi connectivity index (χ4n) is 2.88. The molecule has 0 saturated heterocycles. The summed E-state index contributed by atoms with van der Waals surface area (Å²) in [6.07, 6.45) is 0. The zero-order chi connectivity index (χ0) is 18.7. The SMILES string of the molecule is COc1cc(N2C(C(N)=O)=CSC2c2ccccc2)cc(OC)c1OC. The van der Waals surface area contributed by atoms with Gasteiger partial charge in [-0.3, -0.25) is 4.79 Å². The quantitative estimate of drug-likeness (QED) is 0.839. The molecule has 3 rings (SSSR count). The highest BCUT2D eigenvalue weighted by molar-refractivity contribution is 8.02. The predicted octanol–water partition coefficient (Wildman–Crippen LogP) is 3.29. The lowest BCUT2D eigenvalue weighted by molar-refractivity contribution is -0.114. The lowest BCUT2D eigenvalue weighted by atomic mass is 10.1. The van der Waals surface area contributed by atoms with E-state index in [-0.39, 0.29) is 5.37 Å². The van der Waals surface area contributed by atoms with E-state index >= 15 is 0 Å². The van der Waals surface area contributed by atoms with Crippen LogP contribution >= 0.6 is 11.8 Å². The highest BCUT2D eigenvalue weighted by Gasteiger charge is 2.33. The Labute approximate surface area is 156 Å². The minimum absolute atomic E-state index is 0.124. The summed E-state index contributed by atoms with van der Waals surface area (Å²) < 4.78 is 16.3. The smallest absolute Gasteiger partial charge is 0.265 e. The van der Waals surface area contributed by atoms with Crippen LogP contribution in [0.25, 0.3) is 0 Å². The standard InChI is InChI=1S/C19H20N2O4S/c1-23-15-9-13(10-16(24-2)17(15)25-3)21-14(18(20)22)11-26-19(21)12-7-5-4-6-8-12/h4-11,19H,1-3H3,(H2,20,22). The molecular weight excluding hydrogens is 352 g/mol. The first-order valence-corrected chi connectivity index (χ1v) is 8.84. The zero-order valence-corrected chi connectivity index (χ0v) is 15.6. The van der Waals surface area contributed by atoms with Gasteiger partial charge < -0.3 is 24.8 Å². The molecule has 0 aromatic heterocycles. The zero-order valence-electron chi connectivity index (χ0n) is 14.8. The molecule has 0 aliphatic carbocycles. The number of primary amides is 1. The fraction of sp³-hybridized carbons (Fsp3) is 0.211. The Morgan fingerprint density at radius 2 is 1.65 bits per heavy atom. The number of rotatable bonds is 6. The van der Waals surface area contributed by atoms with Crippen LogP contribution in [0.3, 0.4) is 0 Å². The largest absolute Gasteiger partial charge is 0.493 e. The van der Waals surface area contributed by atoms with Crippen LogP contribution in [-0.2, 0) is 4.79 Å². The third kappa shape index (κ3) is 3.17. The van der Waals surface area contributed by atoms with E-state index in [9.17, 15) is 4.79 Å². The molecular formula is C19H20N2O4S. The Bertz CT molecular complexity index is 814. The van der Waals surface area contributed by atoms with E-state index in [1.54, 1.807) is 38.9 Å². The average Bonchev–Trinajstić information content (AvgIpc) is 3.12. The molecule has 1 heterocycles. The van der Waals surface area contributed by atoms with Gasteiger partial charge in [-0.1, -0.05) is 30.3 Å². The highest BCUT2D eigenvalue weighted by Crippen LogP contribution is 2.49. The molecule has 0 radical (unpaired) electrons. The van der Waals surface area contributed by atoms with Gasteiger partial charge in [0.2, 0.25) is 5.75 Å². The number of amides is 1. The number of methoxy groups -OCH3 is 3. The van der Waals surface area contributed by atoms with Crippen LogP contribution in [0.4, 0.5) is 5.69 Å². The van der Waals surface area contributed by atoms with Crippen LogP contribution in [0, 0.1) is 0 Å². The molecule has 0 saturated carbocycles. The van der Waals surface area contributed by atoms with Crippen molar-refractivity contribution in [1.29, 1.82) is 0 Å². The van der Waals surface area contributed by atoms with Crippen molar-refractivity contribution in [2.45, 2.75) is 5.37 Å². The lowest BCUT2D eigenvalue weighted by Crippen LogP contribution is -2.30. The first-order valence-electron chi connectivity index (χ1n) is 7.90. The Morgan fingerprint density at radius 3 is 2.15 bits per heavy atom. The van der Waals surface area contributed by atoms with Crippen LogP contribution in [0.1, 0.15) is 10.9 Å². The Hall–Kier alpha value is -2.80. The van der Waals surface area contributed by atoms with Crippen LogP contribution in [-0.4, -0.2) is 27.2 Å². The molecule has 1 unspecified atom stereocenters. The summed E-state index contributed by atoms with van der Waals surface area (Å²) in [4.78, 5) is 13.9. The summed E-state index contributed by atoms with van der Waals surface area (Å²) in [5.41, 5.74) is 7.81. The number of hydrogen-bond donors (Lipinski definition) is 1. The number of anilines is 1. The summed E-state index contributed by atoms with van der Waals surface area (Å²) in [6, 6.07) is 13.5. The minimum atomic E-state index is -0.496. The number of carbonyl (C=O) groups is 1. The summed E-state index contributed by atoms with van der Waals surface area (Å²) in [7, 11) is 4.66. The molecule has 0 fully saturated rings. The van der Waals surface area contributed by atoms with Crippen LogP contribution in [0.15, 0.2) is 53.6 Å². The van der Waals surface area contributed by atoms with E-state index < -0.39 is 5.91 Å². The van der Waals surface area contributed by atoms with Gasteiger partial charge in [0.25, 0.3) is 5.91 Å². The van der Waals surface area contributed by atoms with Gasteiger partial charge in [0.05, 0.1) is 27.0 Å². The van der Waals surface area contributed by atoms with E-state index in [1.165, 1.54) is 11.8 Å². The molecule has 2 aromatic carbocycles. The molecule has 136 valence electrons. The molecule has 2 aromatic rings. The highest BCUT2D eigenvalue weighted by atomic mass is 32.2. The monoisotopic (exact) mass is 372 g/mol. The Balaban J connectivity index is 2.13. The van der Waals surface area contributed by atoms with Crippen LogP contribution < -0.4 is 24.8 Å². The van der Waals surface area contributed by atoms with Gasteiger partial charge in [-0.2, -0.15) is 0 Å². The van der Waals surface area contributed by atoms with Crippen molar-refractivity contribution in [3.63, 3.8) is 0 Å². The van der Waals surface area contributed by atoms with E-state index in [0.717, 1.165) is 11.3 Å². The first kappa shape index (κ1) is 18.0. The number of nitrogens with two attached hydrogens (primary N) is 1. The van der Waals surface area contributed by atoms with Crippen LogP contribution in [0.5, 0.6) is 17.2 Å². The maximum Gasteiger partial charge on any atom is 0.265 e. The van der Waals surface area contributed by atoms with Crippen molar-refractivity contribution in [3.8, 4) is 17.2 Å². The van der Waals surface area contributed by atoms with E-state index in [2.05, 4.69) is 0 Å². The molecule has 0 spiro atoms. The number of ether oxygens (including phenoxy) is 3. The van der Waals surface area contributed by atoms with Gasteiger partial charge in [0.15, 0.2) is 11.5 Å². The normalized spacial score (nSPS) is 16.2. The maximum absolute atomic E-state index is 12.0. The third-order valence-corrected chi connectivity index (χ3v) is 5.17. The molecule has 1 aliphatic heterocycles. The molecule has 0 bridgehead atoms. The summed E-state index contributed by atoms with van der Waals surface area (Å²) in [6.45, 7) is 0. The van der Waals surface area contributed by atoms with Crippen molar-refractivity contribution in [2.75, 3.05) is 26.2 Å². The van der Waals surface area contributed by atoms with Crippen LogP contribution in [0.2, 0.25) is 0 Å². The van der Waals surface area contributed by atoms with Crippen molar-refractivity contribution in [1.82, 2.24) is 0 Å². The maximum atomic E-state index is 12.0. The topological polar surface area (TPSA) is 74.0 Å². The van der Waals surface area contributed by atoms with Crippen molar-refractivity contribution in [3.05, 3.63) is 59.1 Å². The second-order valence-electron chi connectivity index (χ2n) is 5.52. The second kappa shape index (κ2) is 7.61. The predicted molar refractivity (Wildman–Crippen MR) is 103 cm³/mol. The number of thioether (sulfide) groups is 1. The van der Waals surface area contributed by atoms with Gasteiger partial charge in [-0.05, 0) is 5.56 Å². The first-order chi connectivity index (χ1) is 12.6. The molecule has 1 aliphatic rings. The fourth-order valence-corrected chi connectivity index (χ4v) is 4.03. The Morgan fingerprint density at radius 1 is 1.04 bits per heavy atom. The van der Waals surface area contributed by atoms with E-state index in [0.29, 0.717) is 22.9 Å². The van der Waals surface area contributed by atoms with Crippen molar-refractivity contribution < 1.29 is 19.0 Å². The van der Waals surface area contributed by atoms with Gasteiger partial charge in [-0.25, -0.2) is 0 Å². The third-order valence-electron chi connectivity index (χ3n) is 4.07. The van der Waals surface area contributed by atoms with Gasteiger partial charge in [0.1, 0.15) is 11.1 Å². The number of hydrogen-bond acceptors (Lipinski definition) is 6. The molecule has 2 N–H and O–H groups in total. The average molecular weight is 372 g/mol. The molecule has 1 atom stereocenters. The number of carbonyl (C=O) groups excluding carboxylic acids is 1. The number of benzene rings is 2. The lowest BCUT2D eigenvalue weighted by Gasteiger charge is -2.29. The molecule has 1 amide bonds. The summed E-state index contributed by atoms with van der Waals surface area (Å²) in [5, 5.41) is 1.66. The minimum Gasteiger partial charge on any atom is -0.493 e. The van der Waals surface area contributed by atoms with Gasteiger partial charge in [0, 0.05) is 17.5 Å². The second-order valence-corrected chi connectivity index (χ2v) is 6.47. The summed E-state index contributed by atoms with van der Waals surface area (Å²) >= 11 is 1.52. The number of nitrogens with zero attached hydrogens (tertiary/aromatic N) is 1.